The molecule has 0 radical (unpaired) electrons. The molecule has 0 aliphatic heterocycles. The van der Waals surface area contributed by atoms with Crippen molar-refractivity contribution in [3.05, 3.63) is 44.1 Å². The molecule has 2 N–H and O–H groups in total. The standard InChI is InChI=1S/C11H12ClN3O2/c1-6(13)15-10(16)7-4-3-5-8(12)9(7)14(2)11(15)17/h3-6H,13H2,1-2H3. The molecular formula is C11H12ClN3O2. The van der Waals surface area contributed by atoms with E-state index in [1.165, 1.54) is 4.57 Å². The lowest BCUT2D eigenvalue weighted by Crippen LogP contribution is -2.43. The van der Waals surface area contributed by atoms with Crippen molar-refractivity contribution in [2.45, 2.75) is 13.1 Å². The van der Waals surface area contributed by atoms with Gasteiger partial charge in [-0.15, -0.1) is 0 Å². The average Bonchev–Trinajstić information content (AvgIpc) is 2.25. The van der Waals surface area contributed by atoms with E-state index in [1.54, 1.807) is 32.2 Å². The van der Waals surface area contributed by atoms with Crippen LogP contribution in [0.1, 0.15) is 13.1 Å². The van der Waals surface area contributed by atoms with Crippen LogP contribution in [0.25, 0.3) is 10.9 Å². The van der Waals surface area contributed by atoms with E-state index in [2.05, 4.69) is 0 Å². The summed E-state index contributed by atoms with van der Waals surface area (Å²) in [6.07, 6.45) is -0.676. The third-order valence-corrected chi connectivity index (χ3v) is 2.98. The largest absolute Gasteiger partial charge is 0.332 e. The predicted molar refractivity (Wildman–Crippen MR) is 67.4 cm³/mol. The molecular weight excluding hydrogens is 242 g/mol. The van der Waals surface area contributed by atoms with Gasteiger partial charge < -0.3 is 5.73 Å². The molecule has 2 rings (SSSR count). The molecule has 2 aromatic rings. The van der Waals surface area contributed by atoms with E-state index in [-0.39, 0.29) is 0 Å². The second-order valence-electron chi connectivity index (χ2n) is 3.89. The van der Waals surface area contributed by atoms with Crippen LogP contribution in [0.4, 0.5) is 0 Å². The molecule has 0 saturated heterocycles. The monoisotopic (exact) mass is 253 g/mol. The highest BCUT2D eigenvalue weighted by Gasteiger charge is 2.14. The van der Waals surface area contributed by atoms with Gasteiger partial charge in [0.2, 0.25) is 0 Å². The first kappa shape index (κ1) is 11.9. The zero-order valence-electron chi connectivity index (χ0n) is 9.48. The summed E-state index contributed by atoms with van der Waals surface area (Å²) in [5, 5.41) is 0.757. The maximum atomic E-state index is 12.1. The van der Waals surface area contributed by atoms with Gasteiger partial charge in [-0.05, 0) is 19.1 Å². The van der Waals surface area contributed by atoms with E-state index in [4.69, 9.17) is 17.3 Å². The highest BCUT2D eigenvalue weighted by molar-refractivity contribution is 6.35. The number of halogens is 1. The zero-order chi connectivity index (χ0) is 12.7. The van der Waals surface area contributed by atoms with Gasteiger partial charge >= 0.3 is 5.69 Å². The minimum absolute atomic E-state index is 0.371. The first-order valence-electron chi connectivity index (χ1n) is 5.10. The van der Waals surface area contributed by atoms with Crippen LogP contribution in [-0.4, -0.2) is 9.13 Å². The summed E-state index contributed by atoms with van der Waals surface area (Å²) in [6, 6.07) is 4.93. The number of rotatable bonds is 1. The minimum atomic E-state index is -0.676. The van der Waals surface area contributed by atoms with Crippen molar-refractivity contribution in [1.29, 1.82) is 0 Å². The molecule has 5 nitrogen and oxygen atoms in total. The van der Waals surface area contributed by atoms with Crippen molar-refractivity contribution in [1.82, 2.24) is 9.13 Å². The van der Waals surface area contributed by atoms with Gasteiger partial charge in [-0.2, -0.15) is 0 Å². The van der Waals surface area contributed by atoms with Gasteiger partial charge in [-0.1, -0.05) is 17.7 Å². The Balaban J connectivity index is 3.12. The quantitative estimate of drug-likeness (QED) is 0.818. The fourth-order valence-corrected chi connectivity index (χ4v) is 2.16. The van der Waals surface area contributed by atoms with E-state index in [9.17, 15) is 9.59 Å². The van der Waals surface area contributed by atoms with Crippen molar-refractivity contribution < 1.29 is 0 Å². The number of para-hydroxylation sites is 1. The number of aryl methyl sites for hydroxylation is 1. The number of fused-ring (bicyclic) bond motifs is 1. The van der Waals surface area contributed by atoms with Crippen LogP contribution in [0, 0.1) is 0 Å². The van der Waals surface area contributed by atoms with Crippen molar-refractivity contribution in [2.24, 2.45) is 12.8 Å². The predicted octanol–water partition coefficient (Wildman–Crippen LogP) is 0.831. The topological polar surface area (TPSA) is 70.0 Å². The first-order chi connectivity index (χ1) is 7.95. The average molecular weight is 254 g/mol. The van der Waals surface area contributed by atoms with Crippen LogP contribution in [0.15, 0.2) is 27.8 Å². The molecule has 17 heavy (non-hydrogen) atoms. The lowest BCUT2D eigenvalue weighted by Gasteiger charge is -2.13. The Hall–Kier alpha value is -1.59. The number of nitrogens with zero attached hydrogens (tertiary/aromatic N) is 2. The van der Waals surface area contributed by atoms with Crippen molar-refractivity contribution in [2.75, 3.05) is 0 Å². The van der Waals surface area contributed by atoms with Crippen molar-refractivity contribution >= 4 is 22.5 Å². The Morgan fingerprint density at radius 2 is 2.00 bits per heavy atom. The van der Waals surface area contributed by atoms with E-state index >= 15 is 0 Å². The van der Waals surface area contributed by atoms with Crippen LogP contribution in [0.3, 0.4) is 0 Å². The van der Waals surface area contributed by atoms with Gasteiger partial charge in [-0.3, -0.25) is 9.36 Å². The summed E-state index contributed by atoms with van der Waals surface area (Å²) in [5.41, 5.74) is 5.18. The zero-order valence-corrected chi connectivity index (χ0v) is 10.2. The minimum Gasteiger partial charge on any atom is -0.311 e. The molecule has 90 valence electrons. The Labute approximate surface area is 102 Å². The van der Waals surface area contributed by atoms with E-state index in [0.29, 0.717) is 15.9 Å². The molecule has 1 unspecified atom stereocenters. The summed E-state index contributed by atoms with van der Waals surface area (Å²) in [7, 11) is 1.56. The SMILES string of the molecule is CC(N)n1c(=O)c2cccc(Cl)c2n(C)c1=O. The summed E-state index contributed by atoms with van der Waals surface area (Å²) in [6.45, 7) is 1.58. The molecule has 0 amide bonds. The molecule has 0 spiro atoms. The fraction of sp³-hybridized carbons (Fsp3) is 0.273. The Morgan fingerprint density at radius 3 is 2.59 bits per heavy atom. The summed E-state index contributed by atoms with van der Waals surface area (Å²) < 4.78 is 2.35. The van der Waals surface area contributed by atoms with Crippen LogP contribution in [0.2, 0.25) is 5.02 Å². The van der Waals surface area contributed by atoms with Crippen LogP contribution >= 0.6 is 11.6 Å². The number of hydrogen-bond donors (Lipinski definition) is 1. The molecule has 0 saturated carbocycles. The molecule has 0 aliphatic carbocycles. The maximum Gasteiger partial charge on any atom is 0.332 e. The van der Waals surface area contributed by atoms with Gasteiger partial charge in [0.1, 0.15) is 0 Å². The van der Waals surface area contributed by atoms with Crippen LogP contribution < -0.4 is 17.0 Å². The lowest BCUT2D eigenvalue weighted by molar-refractivity contribution is 0.511. The maximum absolute atomic E-state index is 12.1. The second kappa shape index (κ2) is 4.01. The van der Waals surface area contributed by atoms with E-state index in [0.717, 1.165) is 4.57 Å². The summed E-state index contributed by atoms with van der Waals surface area (Å²) >= 11 is 6.00. The highest BCUT2D eigenvalue weighted by atomic mass is 35.5. The molecule has 6 heteroatoms. The fourth-order valence-electron chi connectivity index (χ4n) is 1.86. The van der Waals surface area contributed by atoms with Crippen molar-refractivity contribution in [3.63, 3.8) is 0 Å². The Morgan fingerprint density at radius 1 is 1.35 bits per heavy atom. The molecule has 0 aliphatic rings. The normalized spacial score (nSPS) is 12.9. The molecule has 1 heterocycles. The molecule has 0 bridgehead atoms. The number of aromatic nitrogens is 2. The van der Waals surface area contributed by atoms with Gasteiger partial charge in [-0.25, -0.2) is 9.36 Å². The smallest absolute Gasteiger partial charge is 0.311 e. The second-order valence-corrected chi connectivity index (χ2v) is 4.30. The van der Waals surface area contributed by atoms with Crippen LogP contribution in [0.5, 0.6) is 0 Å². The number of hydrogen-bond acceptors (Lipinski definition) is 3. The van der Waals surface area contributed by atoms with Crippen molar-refractivity contribution in [3.8, 4) is 0 Å². The lowest BCUT2D eigenvalue weighted by atomic mass is 10.2. The van der Waals surface area contributed by atoms with Gasteiger partial charge in [0.05, 0.1) is 22.1 Å². The van der Waals surface area contributed by atoms with E-state index < -0.39 is 17.4 Å². The Bertz CT molecular complexity index is 700. The third kappa shape index (κ3) is 1.67. The molecule has 0 fully saturated rings. The molecule has 1 aromatic heterocycles. The highest BCUT2D eigenvalue weighted by Crippen LogP contribution is 2.18. The number of benzene rings is 1. The van der Waals surface area contributed by atoms with Crippen LogP contribution in [-0.2, 0) is 7.05 Å². The summed E-state index contributed by atoms with van der Waals surface area (Å²) in [4.78, 5) is 24.1. The molecule has 1 atom stereocenters. The summed E-state index contributed by atoms with van der Waals surface area (Å²) in [5.74, 6) is 0. The number of nitrogens with two attached hydrogens (primary N) is 1. The van der Waals surface area contributed by atoms with Gasteiger partial charge in [0.15, 0.2) is 0 Å². The Kier molecular flexibility index (Phi) is 2.81. The third-order valence-electron chi connectivity index (χ3n) is 2.67. The van der Waals surface area contributed by atoms with Gasteiger partial charge in [0, 0.05) is 7.05 Å². The molecule has 1 aromatic carbocycles. The first-order valence-corrected chi connectivity index (χ1v) is 5.48. The van der Waals surface area contributed by atoms with E-state index in [1.807, 2.05) is 0 Å². The van der Waals surface area contributed by atoms with Gasteiger partial charge in [0.25, 0.3) is 5.56 Å².